The highest BCUT2D eigenvalue weighted by molar-refractivity contribution is 6.30. The van der Waals surface area contributed by atoms with Crippen LogP contribution in [0.1, 0.15) is 25.0 Å². The SMILES string of the molecule is CC(C)O[C@@H](Cc1cccc(OC[C@@H](O)COc2ccc(Cl)cc2C#N)c1)C(=O)O. The lowest BCUT2D eigenvalue weighted by atomic mass is 10.1. The lowest BCUT2D eigenvalue weighted by Crippen LogP contribution is -2.29. The molecule has 2 N–H and O–H groups in total. The van der Waals surface area contributed by atoms with Crippen molar-refractivity contribution in [3.05, 3.63) is 58.6 Å². The van der Waals surface area contributed by atoms with E-state index in [1.165, 1.54) is 6.07 Å². The van der Waals surface area contributed by atoms with Crippen LogP contribution in [0.4, 0.5) is 0 Å². The Balaban J connectivity index is 1.89. The van der Waals surface area contributed by atoms with E-state index in [2.05, 4.69) is 0 Å². The maximum Gasteiger partial charge on any atom is 0.333 e. The number of aliphatic hydroxyl groups is 1. The second kappa shape index (κ2) is 11.4. The van der Waals surface area contributed by atoms with Gasteiger partial charge in [0.15, 0.2) is 6.10 Å². The number of carboxylic acids is 1. The second-order valence-corrected chi connectivity index (χ2v) is 7.33. The molecule has 0 fully saturated rings. The Hall–Kier alpha value is -2.79. The largest absolute Gasteiger partial charge is 0.491 e. The van der Waals surface area contributed by atoms with E-state index < -0.39 is 18.2 Å². The molecule has 2 aromatic rings. The molecule has 8 heteroatoms. The molecule has 0 spiro atoms. The molecule has 0 aromatic heterocycles. The Labute approximate surface area is 180 Å². The zero-order valence-corrected chi connectivity index (χ0v) is 17.5. The first-order valence-corrected chi connectivity index (χ1v) is 9.76. The lowest BCUT2D eigenvalue weighted by Gasteiger charge is -2.17. The molecule has 0 radical (unpaired) electrons. The lowest BCUT2D eigenvalue weighted by molar-refractivity contribution is -0.153. The molecule has 0 unspecified atom stereocenters. The van der Waals surface area contributed by atoms with E-state index in [1.54, 1.807) is 50.2 Å². The van der Waals surface area contributed by atoms with Crippen LogP contribution >= 0.6 is 11.6 Å². The van der Waals surface area contributed by atoms with E-state index in [-0.39, 0.29) is 31.3 Å². The Kier molecular flexibility index (Phi) is 8.93. The van der Waals surface area contributed by atoms with Crippen LogP contribution in [0, 0.1) is 11.3 Å². The van der Waals surface area contributed by atoms with Gasteiger partial charge in [0.25, 0.3) is 0 Å². The minimum absolute atomic E-state index is 0.0379. The second-order valence-electron chi connectivity index (χ2n) is 6.89. The molecule has 0 bridgehead atoms. The normalized spacial score (nSPS) is 12.8. The van der Waals surface area contributed by atoms with E-state index in [0.717, 1.165) is 5.56 Å². The monoisotopic (exact) mass is 433 g/mol. The van der Waals surface area contributed by atoms with E-state index >= 15 is 0 Å². The van der Waals surface area contributed by atoms with Crippen molar-refractivity contribution in [1.82, 2.24) is 0 Å². The summed E-state index contributed by atoms with van der Waals surface area (Å²) in [6, 6.07) is 13.6. The van der Waals surface area contributed by atoms with Gasteiger partial charge in [-0.25, -0.2) is 4.79 Å². The van der Waals surface area contributed by atoms with E-state index in [4.69, 9.17) is 31.1 Å². The molecule has 7 nitrogen and oxygen atoms in total. The molecule has 0 saturated heterocycles. The van der Waals surface area contributed by atoms with Crippen molar-refractivity contribution < 1.29 is 29.2 Å². The van der Waals surface area contributed by atoms with Crippen molar-refractivity contribution in [2.45, 2.75) is 38.6 Å². The van der Waals surface area contributed by atoms with Gasteiger partial charge in [-0.1, -0.05) is 23.7 Å². The van der Waals surface area contributed by atoms with Gasteiger partial charge in [0.1, 0.15) is 36.9 Å². The standard InChI is InChI=1S/C22H24ClNO6/c1-14(2)30-21(22(26)27)9-15-4-3-5-19(8-15)28-12-18(25)13-29-20-7-6-17(23)10-16(20)11-24/h3-8,10,14,18,21,25H,9,12-13H2,1-2H3,(H,26,27)/t18-,21+/m1/s1. The van der Waals surface area contributed by atoms with Gasteiger partial charge in [-0.3, -0.25) is 0 Å². The van der Waals surface area contributed by atoms with Gasteiger partial charge in [-0.15, -0.1) is 0 Å². The van der Waals surface area contributed by atoms with Crippen LogP contribution in [-0.2, 0) is 16.0 Å². The molecule has 0 aliphatic carbocycles. The molecule has 2 atom stereocenters. The quantitative estimate of drug-likeness (QED) is 0.558. The van der Waals surface area contributed by atoms with Crippen LogP contribution in [0.5, 0.6) is 11.5 Å². The van der Waals surface area contributed by atoms with Crippen LogP contribution < -0.4 is 9.47 Å². The fraction of sp³-hybridized carbons (Fsp3) is 0.364. The van der Waals surface area contributed by atoms with Gasteiger partial charge in [0.05, 0.1) is 11.7 Å². The number of nitriles is 1. The van der Waals surface area contributed by atoms with Gasteiger partial charge in [-0.05, 0) is 49.7 Å². The molecular formula is C22H24ClNO6. The summed E-state index contributed by atoms with van der Waals surface area (Å²) in [7, 11) is 0. The third-order valence-electron chi connectivity index (χ3n) is 3.97. The Bertz CT molecular complexity index is 895. The fourth-order valence-corrected chi connectivity index (χ4v) is 2.81. The van der Waals surface area contributed by atoms with Crippen LogP contribution in [0.2, 0.25) is 5.02 Å². The number of aliphatic hydroxyl groups excluding tert-OH is 1. The van der Waals surface area contributed by atoms with Gasteiger partial charge >= 0.3 is 5.97 Å². The minimum atomic E-state index is -1.03. The highest BCUT2D eigenvalue weighted by atomic mass is 35.5. The maximum atomic E-state index is 11.4. The summed E-state index contributed by atoms with van der Waals surface area (Å²) in [6.07, 6.45) is -1.90. The van der Waals surface area contributed by atoms with Crippen LogP contribution in [0.3, 0.4) is 0 Å². The number of carbonyl (C=O) groups is 1. The zero-order chi connectivity index (χ0) is 22.1. The summed E-state index contributed by atoms with van der Waals surface area (Å²) >= 11 is 5.85. The van der Waals surface area contributed by atoms with Gasteiger partial charge < -0.3 is 24.4 Å². The molecule has 160 valence electrons. The van der Waals surface area contributed by atoms with Crippen LogP contribution in [0.15, 0.2) is 42.5 Å². The predicted molar refractivity (Wildman–Crippen MR) is 111 cm³/mol. The minimum Gasteiger partial charge on any atom is -0.491 e. The predicted octanol–water partition coefficient (Wildman–Crippen LogP) is 3.45. The van der Waals surface area contributed by atoms with E-state index in [9.17, 15) is 15.0 Å². The number of benzene rings is 2. The average molecular weight is 434 g/mol. The van der Waals surface area contributed by atoms with Crippen molar-refractivity contribution in [3.8, 4) is 17.6 Å². The van der Waals surface area contributed by atoms with Crippen molar-refractivity contribution in [1.29, 1.82) is 5.26 Å². The third kappa shape index (κ3) is 7.56. The number of halogens is 1. The Morgan fingerprint density at radius 1 is 1.17 bits per heavy atom. The van der Waals surface area contributed by atoms with Gasteiger partial charge in [-0.2, -0.15) is 5.26 Å². The fourth-order valence-electron chi connectivity index (χ4n) is 2.64. The molecule has 0 heterocycles. The van der Waals surface area contributed by atoms with Gasteiger partial charge in [0.2, 0.25) is 0 Å². The van der Waals surface area contributed by atoms with Crippen molar-refractivity contribution in [2.75, 3.05) is 13.2 Å². The van der Waals surface area contributed by atoms with Crippen molar-refractivity contribution in [2.24, 2.45) is 0 Å². The number of ether oxygens (including phenoxy) is 3. The number of nitrogens with zero attached hydrogens (tertiary/aromatic N) is 1. The summed E-state index contributed by atoms with van der Waals surface area (Å²) in [5.74, 6) is -0.209. The summed E-state index contributed by atoms with van der Waals surface area (Å²) < 4.78 is 16.5. The first-order valence-electron chi connectivity index (χ1n) is 9.39. The highest BCUT2D eigenvalue weighted by Crippen LogP contribution is 2.22. The number of hydrogen-bond acceptors (Lipinski definition) is 6. The Morgan fingerprint density at radius 2 is 1.90 bits per heavy atom. The third-order valence-corrected chi connectivity index (χ3v) is 4.20. The van der Waals surface area contributed by atoms with Crippen molar-refractivity contribution >= 4 is 17.6 Å². The van der Waals surface area contributed by atoms with E-state index in [1.807, 2.05) is 6.07 Å². The topological polar surface area (TPSA) is 109 Å². The van der Waals surface area contributed by atoms with Gasteiger partial charge in [0, 0.05) is 11.4 Å². The molecule has 0 amide bonds. The maximum absolute atomic E-state index is 11.4. The number of aliphatic carboxylic acids is 1. The highest BCUT2D eigenvalue weighted by Gasteiger charge is 2.20. The van der Waals surface area contributed by atoms with Crippen molar-refractivity contribution in [3.63, 3.8) is 0 Å². The summed E-state index contributed by atoms with van der Waals surface area (Å²) in [6.45, 7) is 3.45. The average Bonchev–Trinajstić information content (AvgIpc) is 2.70. The van der Waals surface area contributed by atoms with Crippen LogP contribution in [-0.4, -0.2) is 47.7 Å². The van der Waals surface area contributed by atoms with Crippen LogP contribution in [0.25, 0.3) is 0 Å². The number of rotatable bonds is 11. The molecule has 2 rings (SSSR count). The number of hydrogen-bond donors (Lipinski definition) is 2. The molecule has 30 heavy (non-hydrogen) atoms. The molecule has 2 aromatic carbocycles. The summed E-state index contributed by atoms with van der Waals surface area (Å²) in [5.41, 5.74) is 1.02. The summed E-state index contributed by atoms with van der Waals surface area (Å²) in [4.78, 5) is 11.4. The molecular weight excluding hydrogens is 410 g/mol. The first kappa shape index (κ1) is 23.5. The summed E-state index contributed by atoms with van der Waals surface area (Å²) in [5, 5.41) is 29.0. The Morgan fingerprint density at radius 3 is 2.57 bits per heavy atom. The molecule has 0 aliphatic heterocycles. The number of carboxylic acid groups (broad SMARTS) is 1. The first-order chi connectivity index (χ1) is 14.3. The zero-order valence-electron chi connectivity index (χ0n) is 16.7. The molecule has 0 aliphatic rings. The molecule has 0 saturated carbocycles. The smallest absolute Gasteiger partial charge is 0.333 e. The van der Waals surface area contributed by atoms with E-state index in [0.29, 0.717) is 16.5 Å².